The minimum Gasteiger partial charge on any atom is -0.353 e. The Balaban J connectivity index is 1.56. The van der Waals surface area contributed by atoms with E-state index in [4.69, 9.17) is 0 Å². The van der Waals surface area contributed by atoms with Crippen molar-refractivity contribution in [3.8, 4) is 0 Å². The van der Waals surface area contributed by atoms with Crippen molar-refractivity contribution in [2.75, 3.05) is 11.1 Å². The summed E-state index contributed by atoms with van der Waals surface area (Å²) in [5.41, 5.74) is 1.40. The van der Waals surface area contributed by atoms with Crippen LogP contribution in [-0.4, -0.2) is 16.0 Å². The van der Waals surface area contributed by atoms with Gasteiger partial charge in [0.2, 0.25) is 5.13 Å². The summed E-state index contributed by atoms with van der Waals surface area (Å²) < 4.78 is 0. The molecule has 0 spiro atoms. The highest BCUT2D eigenvalue weighted by Gasteiger charge is 2.28. The molecule has 2 aromatic rings. The van der Waals surface area contributed by atoms with Crippen molar-refractivity contribution in [3.63, 3.8) is 0 Å². The van der Waals surface area contributed by atoms with Crippen molar-refractivity contribution in [1.82, 2.24) is 10.2 Å². The van der Waals surface area contributed by atoms with Gasteiger partial charge in [-0.1, -0.05) is 29.5 Å². The molecule has 5 heteroatoms. The Hall–Kier alpha value is -1.07. The van der Waals surface area contributed by atoms with Crippen LogP contribution in [0.1, 0.15) is 41.8 Å². The zero-order valence-electron chi connectivity index (χ0n) is 10.5. The Morgan fingerprint density at radius 3 is 2.89 bits per heavy atom. The fourth-order valence-corrected chi connectivity index (χ4v) is 4.52. The monoisotopic (exact) mass is 289 g/mol. The molecule has 2 aliphatic rings. The largest absolute Gasteiger partial charge is 0.353 e. The number of anilines is 1. The van der Waals surface area contributed by atoms with E-state index < -0.39 is 0 Å². The number of fused-ring (bicyclic) bond motifs is 1. The summed E-state index contributed by atoms with van der Waals surface area (Å²) >= 11 is 3.68. The summed E-state index contributed by atoms with van der Waals surface area (Å²) in [4.78, 5) is 1.40. The second-order valence-corrected chi connectivity index (χ2v) is 7.24. The number of benzene rings is 1. The molecule has 4 rings (SSSR count). The maximum Gasteiger partial charge on any atom is 0.206 e. The van der Waals surface area contributed by atoms with Gasteiger partial charge in [-0.2, -0.15) is 0 Å². The van der Waals surface area contributed by atoms with Crippen LogP contribution >= 0.6 is 23.1 Å². The summed E-state index contributed by atoms with van der Waals surface area (Å²) in [7, 11) is 0. The zero-order chi connectivity index (χ0) is 12.7. The van der Waals surface area contributed by atoms with Gasteiger partial charge in [0.1, 0.15) is 5.01 Å². The molecule has 19 heavy (non-hydrogen) atoms. The molecule has 1 aromatic carbocycles. The van der Waals surface area contributed by atoms with Gasteiger partial charge in [-0.15, -0.1) is 22.0 Å². The third-order valence-electron chi connectivity index (χ3n) is 3.62. The molecule has 1 unspecified atom stereocenters. The number of hydrogen-bond acceptors (Lipinski definition) is 5. The topological polar surface area (TPSA) is 37.8 Å². The fourth-order valence-electron chi connectivity index (χ4n) is 2.43. The number of thioether (sulfide) groups is 1. The summed E-state index contributed by atoms with van der Waals surface area (Å²) in [6, 6.07) is 9.06. The summed E-state index contributed by atoms with van der Waals surface area (Å²) in [5.74, 6) is 1.87. The average Bonchev–Trinajstić information content (AvgIpc) is 3.20. The van der Waals surface area contributed by atoms with E-state index in [-0.39, 0.29) is 0 Å². The lowest BCUT2D eigenvalue weighted by molar-refractivity contribution is 0.725. The Bertz CT molecular complexity index is 592. The van der Waals surface area contributed by atoms with E-state index in [1.807, 2.05) is 11.8 Å². The highest BCUT2D eigenvalue weighted by molar-refractivity contribution is 7.99. The molecule has 0 saturated heterocycles. The van der Waals surface area contributed by atoms with Crippen LogP contribution in [0.5, 0.6) is 0 Å². The van der Waals surface area contributed by atoms with Crippen LogP contribution in [0.15, 0.2) is 29.2 Å². The molecule has 2 heterocycles. The van der Waals surface area contributed by atoms with E-state index in [0.29, 0.717) is 12.0 Å². The van der Waals surface area contributed by atoms with Gasteiger partial charge in [0.05, 0.1) is 6.04 Å². The molecule has 1 fully saturated rings. The van der Waals surface area contributed by atoms with Crippen LogP contribution in [0.4, 0.5) is 5.13 Å². The lowest BCUT2D eigenvalue weighted by atomic mass is 10.0. The predicted molar refractivity (Wildman–Crippen MR) is 80.0 cm³/mol. The molecule has 1 atom stereocenters. The highest BCUT2D eigenvalue weighted by Crippen LogP contribution is 2.43. The molecule has 98 valence electrons. The third-order valence-corrected chi connectivity index (χ3v) is 5.76. The van der Waals surface area contributed by atoms with Gasteiger partial charge in [0, 0.05) is 16.6 Å². The van der Waals surface area contributed by atoms with Gasteiger partial charge in [-0.3, -0.25) is 0 Å². The molecule has 1 N–H and O–H groups in total. The van der Waals surface area contributed by atoms with Crippen molar-refractivity contribution in [2.45, 2.75) is 36.1 Å². The summed E-state index contributed by atoms with van der Waals surface area (Å²) in [6.07, 6.45) is 3.73. The van der Waals surface area contributed by atoms with Crippen LogP contribution in [0.25, 0.3) is 0 Å². The third kappa shape index (κ3) is 2.37. The van der Waals surface area contributed by atoms with Gasteiger partial charge in [0.25, 0.3) is 0 Å². The van der Waals surface area contributed by atoms with E-state index in [0.717, 1.165) is 11.6 Å². The van der Waals surface area contributed by atoms with Gasteiger partial charge < -0.3 is 5.32 Å². The molecule has 1 saturated carbocycles. The fraction of sp³-hybridized carbons (Fsp3) is 0.429. The van der Waals surface area contributed by atoms with Crippen LogP contribution in [-0.2, 0) is 0 Å². The molecular formula is C14H15N3S2. The molecule has 1 aromatic heterocycles. The summed E-state index contributed by atoms with van der Waals surface area (Å²) in [5, 5.41) is 14.4. The Labute approximate surface area is 120 Å². The number of nitrogens with one attached hydrogen (secondary N) is 1. The minimum atomic E-state index is 0.387. The maximum absolute atomic E-state index is 4.30. The Kier molecular flexibility index (Phi) is 2.96. The van der Waals surface area contributed by atoms with E-state index in [9.17, 15) is 0 Å². The van der Waals surface area contributed by atoms with Crippen molar-refractivity contribution in [1.29, 1.82) is 0 Å². The summed E-state index contributed by atoms with van der Waals surface area (Å²) in [6.45, 7) is 0. The van der Waals surface area contributed by atoms with Crippen molar-refractivity contribution in [2.24, 2.45) is 0 Å². The molecule has 1 aliphatic carbocycles. The van der Waals surface area contributed by atoms with Gasteiger partial charge in [0.15, 0.2) is 0 Å². The number of rotatable bonds is 3. The lowest BCUT2D eigenvalue weighted by Crippen LogP contribution is -2.15. The molecule has 3 nitrogen and oxygen atoms in total. The molecule has 0 radical (unpaired) electrons. The van der Waals surface area contributed by atoms with Crippen LogP contribution < -0.4 is 5.32 Å². The molecule has 0 amide bonds. The first-order chi connectivity index (χ1) is 9.40. The quantitative estimate of drug-likeness (QED) is 0.924. The number of aromatic nitrogens is 2. The van der Waals surface area contributed by atoms with E-state index in [1.54, 1.807) is 11.3 Å². The van der Waals surface area contributed by atoms with Crippen molar-refractivity contribution < 1.29 is 0 Å². The van der Waals surface area contributed by atoms with Crippen LogP contribution in [0.2, 0.25) is 0 Å². The second-order valence-electron chi connectivity index (χ2n) is 5.09. The number of nitrogens with zero attached hydrogens (tertiary/aromatic N) is 2. The van der Waals surface area contributed by atoms with Gasteiger partial charge in [-0.25, -0.2) is 0 Å². The highest BCUT2D eigenvalue weighted by atomic mass is 32.2. The minimum absolute atomic E-state index is 0.387. The standard InChI is InChI=1S/C14H15N3S2/c1-2-4-12-10(3-1)11(7-8-18-12)15-14-17-16-13(19-14)9-5-6-9/h1-4,9,11H,5-8H2,(H,15,17). The Morgan fingerprint density at radius 1 is 1.11 bits per heavy atom. The first-order valence-electron chi connectivity index (χ1n) is 6.72. The molecule has 0 bridgehead atoms. The van der Waals surface area contributed by atoms with E-state index in [1.165, 1.54) is 34.1 Å². The van der Waals surface area contributed by atoms with Crippen LogP contribution in [0.3, 0.4) is 0 Å². The van der Waals surface area contributed by atoms with Gasteiger partial charge >= 0.3 is 0 Å². The SMILES string of the molecule is c1ccc2c(c1)SCCC2Nc1nnc(C2CC2)s1. The average molecular weight is 289 g/mol. The first-order valence-corrected chi connectivity index (χ1v) is 8.52. The second kappa shape index (κ2) is 4.80. The maximum atomic E-state index is 4.30. The van der Waals surface area contributed by atoms with Crippen molar-refractivity contribution in [3.05, 3.63) is 34.8 Å². The Morgan fingerprint density at radius 2 is 2.00 bits per heavy atom. The van der Waals surface area contributed by atoms with Crippen molar-refractivity contribution >= 4 is 28.2 Å². The molecular weight excluding hydrogens is 274 g/mol. The lowest BCUT2D eigenvalue weighted by Gasteiger charge is -2.25. The van der Waals surface area contributed by atoms with E-state index >= 15 is 0 Å². The first kappa shape index (κ1) is 11.7. The normalized spacial score (nSPS) is 22.0. The van der Waals surface area contributed by atoms with Crippen LogP contribution in [0, 0.1) is 0 Å². The smallest absolute Gasteiger partial charge is 0.206 e. The number of hydrogen-bond donors (Lipinski definition) is 1. The zero-order valence-corrected chi connectivity index (χ0v) is 12.1. The molecule has 1 aliphatic heterocycles. The predicted octanol–water partition coefficient (Wildman–Crippen LogP) is 4.06. The van der Waals surface area contributed by atoms with Gasteiger partial charge in [-0.05, 0) is 30.9 Å². The van der Waals surface area contributed by atoms with E-state index in [2.05, 4.69) is 39.8 Å².